The van der Waals surface area contributed by atoms with Gasteiger partial charge >= 0.3 is 0 Å². The number of fused-ring (bicyclic) bond motifs is 1. The van der Waals surface area contributed by atoms with Gasteiger partial charge in [0.15, 0.2) is 0 Å². The summed E-state index contributed by atoms with van der Waals surface area (Å²) in [6, 6.07) is 6.28. The van der Waals surface area contributed by atoms with Crippen molar-refractivity contribution < 1.29 is 4.79 Å². The smallest absolute Gasteiger partial charge is 0.270 e. The summed E-state index contributed by atoms with van der Waals surface area (Å²) >= 11 is 0. The predicted molar refractivity (Wildman–Crippen MR) is 105 cm³/mol. The molecule has 1 unspecified atom stereocenters. The summed E-state index contributed by atoms with van der Waals surface area (Å²) in [7, 11) is 0. The first-order valence-electron chi connectivity index (χ1n) is 9.89. The molecular formula is C21H27N5O. The van der Waals surface area contributed by atoms with Crippen LogP contribution >= 0.6 is 0 Å². The second-order valence-corrected chi connectivity index (χ2v) is 8.08. The quantitative estimate of drug-likeness (QED) is 0.821. The van der Waals surface area contributed by atoms with E-state index in [2.05, 4.69) is 41.6 Å². The number of hydrogen-bond donors (Lipinski definition) is 2. The zero-order valence-corrected chi connectivity index (χ0v) is 16.2. The number of carbonyl (C=O) groups excluding carboxylic acids is 1. The molecule has 2 aromatic rings. The molecule has 2 N–H and O–H groups in total. The van der Waals surface area contributed by atoms with E-state index in [9.17, 15) is 4.79 Å². The Morgan fingerprint density at radius 1 is 1.22 bits per heavy atom. The standard InChI is InChI=1S/C21H27N5O/c1-12(2)11-17-24-19-15(9-10-22-21(19)27)20(25-17)26-18(14-7-8-14)16-6-4-5-13(3)23-16/h4-6,12,14,18H,7-11H2,1-3H3,(H,22,27)(H,24,25,26). The first kappa shape index (κ1) is 17.9. The Labute approximate surface area is 160 Å². The van der Waals surface area contributed by atoms with E-state index in [-0.39, 0.29) is 11.9 Å². The van der Waals surface area contributed by atoms with Crippen molar-refractivity contribution in [2.45, 2.75) is 52.5 Å². The van der Waals surface area contributed by atoms with Crippen molar-refractivity contribution in [1.82, 2.24) is 20.3 Å². The van der Waals surface area contributed by atoms with Gasteiger partial charge in [-0.1, -0.05) is 19.9 Å². The fourth-order valence-corrected chi connectivity index (χ4v) is 3.66. The highest BCUT2D eigenvalue weighted by Gasteiger charge is 2.35. The molecule has 0 aromatic carbocycles. The Morgan fingerprint density at radius 3 is 2.74 bits per heavy atom. The van der Waals surface area contributed by atoms with Crippen LogP contribution in [0.15, 0.2) is 18.2 Å². The van der Waals surface area contributed by atoms with Crippen LogP contribution < -0.4 is 10.6 Å². The van der Waals surface area contributed by atoms with Gasteiger partial charge in [-0.05, 0) is 50.2 Å². The minimum Gasteiger partial charge on any atom is -0.361 e. The van der Waals surface area contributed by atoms with Gasteiger partial charge in [0.25, 0.3) is 5.91 Å². The number of anilines is 1. The molecular weight excluding hydrogens is 338 g/mol. The summed E-state index contributed by atoms with van der Waals surface area (Å²) < 4.78 is 0. The van der Waals surface area contributed by atoms with E-state index in [1.54, 1.807) is 0 Å². The number of pyridine rings is 1. The minimum atomic E-state index is -0.0941. The number of hydrogen-bond acceptors (Lipinski definition) is 5. The normalized spacial score (nSPS) is 17.4. The first-order valence-corrected chi connectivity index (χ1v) is 9.89. The van der Waals surface area contributed by atoms with Gasteiger partial charge in [-0.3, -0.25) is 9.78 Å². The van der Waals surface area contributed by atoms with Gasteiger partial charge in [-0.2, -0.15) is 0 Å². The van der Waals surface area contributed by atoms with E-state index in [0.717, 1.165) is 41.4 Å². The molecule has 1 aliphatic carbocycles. The number of aryl methyl sites for hydroxylation is 1. The number of amides is 1. The molecule has 142 valence electrons. The van der Waals surface area contributed by atoms with Crippen molar-refractivity contribution in [3.63, 3.8) is 0 Å². The maximum Gasteiger partial charge on any atom is 0.270 e. The molecule has 6 heteroatoms. The Hall–Kier alpha value is -2.50. The van der Waals surface area contributed by atoms with Crippen molar-refractivity contribution in [3.8, 4) is 0 Å². The Kier molecular flexibility index (Phi) is 4.81. The van der Waals surface area contributed by atoms with Crippen molar-refractivity contribution in [1.29, 1.82) is 0 Å². The molecule has 1 amide bonds. The highest BCUT2D eigenvalue weighted by Crippen LogP contribution is 2.42. The van der Waals surface area contributed by atoms with E-state index >= 15 is 0 Å². The lowest BCUT2D eigenvalue weighted by atomic mass is 10.0. The second-order valence-electron chi connectivity index (χ2n) is 8.08. The third-order valence-electron chi connectivity index (χ3n) is 5.13. The van der Waals surface area contributed by atoms with Crippen molar-refractivity contribution >= 4 is 11.7 Å². The van der Waals surface area contributed by atoms with Gasteiger partial charge in [0.05, 0.1) is 11.7 Å². The average Bonchev–Trinajstić information content (AvgIpc) is 3.45. The van der Waals surface area contributed by atoms with Gasteiger partial charge in [0, 0.05) is 24.2 Å². The summed E-state index contributed by atoms with van der Waals surface area (Å²) in [6.07, 6.45) is 3.90. The summed E-state index contributed by atoms with van der Waals surface area (Å²) in [5, 5.41) is 6.56. The number of nitrogens with one attached hydrogen (secondary N) is 2. The summed E-state index contributed by atoms with van der Waals surface area (Å²) in [4.78, 5) is 26.5. The first-order chi connectivity index (χ1) is 13.0. The van der Waals surface area contributed by atoms with Gasteiger partial charge < -0.3 is 10.6 Å². The van der Waals surface area contributed by atoms with E-state index < -0.39 is 0 Å². The number of rotatable bonds is 6. The SMILES string of the molecule is Cc1cccc(C(Nc2nc(CC(C)C)nc3c2CCNC3=O)C2CC2)n1. The molecule has 1 aliphatic heterocycles. The van der Waals surface area contributed by atoms with Gasteiger partial charge in [0.2, 0.25) is 0 Å². The molecule has 0 saturated heterocycles. The maximum absolute atomic E-state index is 12.4. The zero-order chi connectivity index (χ0) is 19.0. The van der Waals surface area contributed by atoms with Gasteiger partial charge in [-0.25, -0.2) is 9.97 Å². The maximum atomic E-state index is 12.4. The van der Waals surface area contributed by atoms with Crippen LogP contribution in [0.25, 0.3) is 0 Å². The molecule has 2 aliphatic rings. The topological polar surface area (TPSA) is 79.8 Å². The van der Waals surface area contributed by atoms with Crippen LogP contribution in [0.3, 0.4) is 0 Å². The highest BCUT2D eigenvalue weighted by atomic mass is 16.1. The van der Waals surface area contributed by atoms with Crippen LogP contribution in [0, 0.1) is 18.8 Å². The lowest BCUT2D eigenvalue weighted by Crippen LogP contribution is -2.34. The Balaban J connectivity index is 1.72. The molecule has 1 atom stereocenters. The van der Waals surface area contributed by atoms with E-state index in [4.69, 9.17) is 9.97 Å². The Bertz CT molecular complexity index is 860. The molecule has 1 saturated carbocycles. The van der Waals surface area contributed by atoms with E-state index in [0.29, 0.717) is 24.1 Å². The van der Waals surface area contributed by atoms with Crippen LogP contribution in [-0.4, -0.2) is 27.4 Å². The molecule has 0 bridgehead atoms. The fraction of sp³-hybridized carbons (Fsp3) is 0.524. The molecule has 2 aromatic heterocycles. The minimum absolute atomic E-state index is 0.0941. The van der Waals surface area contributed by atoms with Gasteiger partial charge in [-0.15, -0.1) is 0 Å². The van der Waals surface area contributed by atoms with Crippen LogP contribution in [0.1, 0.15) is 66.0 Å². The summed E-state index contributed by atoms with van der Waals surface area (Å²) in [6.45, 7) is 6.93. The highest BCUT2D eigenvalue weighted by molar-refractivity contribution is 5.96. The largest absolute Gasteiger partial charge is 0.361 e. The summed E-state index contributed by atoms with van der Waals surface area (Å²) in [5.74, 6) is 2.44. The molecule has 27 heavy (non-hydrogen) atoms. The van der Waals surface area contributed by atoms with E-state index in [1.807, 2.05) is 13.0 Å². The molecule has 1 fully saturated rings. The summed E-state index contributed by atoms with van der Waals surface area (Å²) in [5.41, 5.74) is 3.53. The second kappa shape index (κ2) is 7.25. The van der Waals surface area contributed by atoms with Crippen LogP contribution in [-0.2, 0) is 12.8 Å². The van der Waals surface area contributed by atoms with E-state index in [1.165, 1.54) is 12.8 Å². The lowest BCUT2D eigenvalue weighted by molar-refractivity contribution is 0.0940. The average molecular weight is 365 g/mol. The molecule has 6 nitrogen and oxygen atoms in total. The lowest BCUT2D eigenvalue weighted by Gasteiger charge is -2.24. The molecule has 3 heterocycles. The van der Waals surface area contributed by atoms with Crippen molar-refractivity contribution in [3.05, 3.63) is 46.7 Å². The third-order valence-corrected chi connectivity index (χ3v) is 5.13. The molecule has 0 spiro atoms. The van der Waals surface area contributed by atoms with Crippen LogP contribution in [0.2, 0.25) is 0 Å². The number of carbonyl (C=O) groups is 1. The monoisotopic (exact) mass is 365 g/mol. The molecule has 4 rings (SSSR count). The predicted octanol–water partition coefficient (Wildman–Crippen LogP) is 3.23. The number of nitrogens with zero attached hydrogens (tertiary/aromatic N) is 3. The van der Waals surface area contributed by atoms with Crippen molar-refractivity contribution in [2.75, 3.05) is 11.9 Å². The number of aromatic nitrogens is 3. The molecule has 0 radical (unpaired) electrons. The van der Waals surface area contributed by atoms with Crippen LogP contribution in [0.5, 0.6) is 0 Å². The third kappa shape index (κ3) is 3.94. The van der Waals surface area contributed by atoms with Gasteiger partial charge in [0.1, 0.15) is 17.3 Å². The zero-order valence-electron chi connectivity index (χ0n) is 16.2. The fourth-order valence-electron chi connectivity index (χ4n) is 3.66. The Morgan fingerprint density at radius 2 is 2.04 bits per heavy atom. The van der Waals surface area contributed by atoms with Crippen LogP contribution in [0.4, 0.5) is 5.82 Å². The van der Waals surface area contributed by atoms with Crippen molar-refractivity contribution in [2.24, 2.45) is 11.8 Å².